The molecule has 0 aromatic heterocycles. The first-order valence-electron chi connectivity index (χ1n) is 9.93. The van der Waals surface area contributed by atoms with Crippen molar-refractivity contribution in [3.63, 3.8) is 0 Å². The lowest BCUT2D eigenvalue weighted by atomic mass is 9.96. The first-order chi connectivity index (χ1) is 15.7. The third kappa shape index (κ3) is 4.66. The predicted octanol–water partition coefficient (Wildman–Crippen LogP) is 5.52. The van der Waals surface area contributed by atoms with E-state index in [1.807, 2.05) is 66.7 Å². The van der Waals surface area contributed by atoms with Gasteiger partial charge in [-0.15, -0.1) is 0 Å². The van der Waals surface area contributed by atoms with Gasteiger partial charge in [0.1, 0.15) is 5.75 Å². The molecule has 0 saturated heterocycles. The third-order valence-electron chi connectivity index (χ3n) is 4.82. The van der Waals surface area contributed by atoms with Crippen molar-refractivity contribution in [1.29, 1.82) is 0 Å². The molecule has 0 bridgehead atoms. The van der Waals surface area contributed by atoms with Crippen molar-refractivity contribution in [3.05, 3.63) is 114 Å². The number of rotatable bonds is 6. The zero-order chi connectivity index (χ0) is 22.3. The lowest BCUT2D eigenvalue weighted by Gasteiger charge is -2.14. The number of anilines is 1. The van der Waals surface area contributed by atoms with E-state index in [4.69, 9.17) is 9.94 Å². The Kier molecular flexibility index (Phi) is 6.25. The molecule has 4 aromatic carbocycles. The van der Waals surface area contributed by atoms with Crippen molar-refractivity contribution in [1.82, 2.24) is 5.48 Å². The number of benzene rings is 4. The van der Waals surface area contributed by atoms with Crippen molar-refractivity contribution < 1.29 is 19.5 Å². The van der Waals surface area contributed by atoms with Gasteiger partial charge in [-0.2, -0.15) is 0 Å². The molecule has 0 radical (unpaired) electrons. The largest absolute Gasteiger partial charge is 0.455 e. The SMILES string of the molecule is O=C(Nc1ccccc1Oc1ccccc1)c1ccc(C(=O)NO)c(-c2ccccc2)c1. The van der Waals surface area contributed by atoms with E-state index in [0.717, 1.165) is 5.56 Å². The molecule has 0 heterocycles. The van der Waals surface area contributed by atoms with Gasteiger partial charge in [0.25, 0.3) is 11.8 Å². The molecule has 0 atom stereocenters. The summed E-state index contributed by atoms with van der Waals surface area (Å²) in [6, 6.07) is 30.3. The smallest absolute Gasteiger partial charge is 0.275 e. The van der Waals surface area contributed by atoms with Gasteiger partial charge in [-0.1, -0.05) is 60.7 Å². The maximum Gasteiger partial charge on any atom is 0.275 e. The summed E-state index contributed by atoms with van der Waals surface area (Å²) in [5.74, 6) is 0.145. The van der Waals surface area contributed by atoms with Crippen LogP contribution in [-0.4, -0.2) is 17.0 Å². The number of carbonyl (C=O) groups is 2. The van der Waals surface area contributed by atoms with Crippen LogP contribution in [0.25, 0.3) is 11.1 Å². The van der Waals surface area contributed by atoms with E-state index in [-0.39, 0.29) is 11.5 Å². The Morgan fingerprint density at radius 2 is 1.38 bits per heavy atom. The minimum Gasteiger partial charge on any atom is -0.455 e. The highest BCUT2D eigenvalue weighted by Crippen LogP contribution is 2.30. The Morgan fingerprint density at radius 3 is 2.09 bits per heavy atom. The van der Waals surface area contributed by atoms with Crippen LogP contribution >= 0.6 is 0 Å². The van der Waals surface area contributed by atoms with Gasteiger partial charge in [-0.25, -0.2) is 5.48 Å². The topological polar surface area (TPSA) is 87.7 Å². The molecule has 0 aliphatic heterocycles. The van der Waals surface area contributed by atoms with Crippen LogP contribution in [0.15, 0.2) is 103 Å². The number of hydrogen-bond donors (Lipinski definition) is 3. The number of ether oxygens (including phenoxy) is 1. The van der Waals surface area contributed by atoms with E-state index in [1.165, 1.54) is 12.1 Å². The van der Waals surface area contributed by atoms with E-state index in [0.29, 0.717) is 28.3 Å². The average Bonchev–Trinajstić information content (AvgIpc) is 2.85. The first kappa shape index (κ1) is 20.8. The second-order valence-electron chi connectivity index (χ2n) is 6.93. The maximum atomic E-state index is 13.0. The van der Waals surface area contributed by atoms with Crippen molar-refractivity contribution in [2.45, 2.75) is 0 Å². The van der Waals surface area contributed by atoms with E-state index >= 15 is 0 Å². The van der Waals surface area contributed by atoms with Crippen molar-refractivity contribution in [3.8, 4) is 22.6 Å². The number of hydrogen-bond acceptors (Lipinski definition) is 4. The molecular formula is C26H20N2O4. The Hall–Kier alpha value is -4.42. The quantitative estimate of drug-likeness (QED) is 0.281. The molecule has 2 amide bonds. The lowest BCUT2D eigenvalue weighted by Crippen LogP contribution is -2.20. The summed E-state index contributed by atoms with van der Waals surface area (Å²) in [4.78, 5) is 25.2. The second-order valence-corrected chi connectivity index (χ2v) is 6.93. The second kappa shape index (κ2) is 9.59. The van der Waals surface area contributed by atoms with Crippen molar-refractivity contribution >= 4 is 17.5 Å². The van der Waals surface area contributed by atoms with Gasteiger partial charge in [0.05, 0.1) is 5.69 Å². The Bertz CT molecular complexity index is 1240. The van der Waals surface area contributed by atoms with Crippen molar-refractivity contribution in [2.75, 3.05) is 5.32 Å². The highest BCUT2D eigenvalue weighted by Gasteiger charge is 2.17. The van der Waals surface area contributed by atoms with Crippen LogP contribution in [0.2, 0.25) is 0 Å². The van der Waals surface area contributed by atoms with Gasteiger partial charge in [-0.3, -0.25) is 14.8 Å². The Labute approximate surface area is 185 Å². The van der Waals surface area contributed by atoms with E-state index in [2.05, 4.69) is 5.32 Å². The summed E-state index contributed by atoms with van der Waals surface area (Å²) >= 11 is 0. The standard InChI is InChI=1S/C26H20N2O4/c29-25(27-23-13-7-8-14-24(23)32-20-11-5-2-6-12-20)19-15-16-21(26(30)28-31)22(17-19)18-9-3-1-4-10-18/h1-17,31H,(H,27,29)(H,28,30). The Morgan fingerprint density at radius 1 is 0.719 bits per heavy atom. The highest BCUT2D eigenvalue weighted by molar-refractivity contribution is 6.08. The summed E-state index contributed by atoms with van der Waals surface area (Å²) in [6.45, 7) is 0. The van der Waals surface area contributed by atoms with Crippen LogP contribution in [-0.2, 0) is 0 Å². The maximum absolute atomic E-state index is 13.0. The lowest BCUT2D eigenvalue weighted by molar-refractivity contribution is 0.0707. The first-order valence-corrected chi connectivity index (χ1v) is 9.93. The zero-order valence-corrected chi connectivity index (χ0v) is 17.0. The average molecular weight is 424 g/mol. The number of carbonyl (C=O) groups excluding carboxylic acids is 2. The molecule has 0 saturated carbocycles. The molecule has 32 heavy (non-hydrogen) atoms. The minimum atomic E-state index is -0.655. The van der Waals surface area contributed by atoms with Crippen LogP contribution in [0, 0.1) is 0 Å². The zero-order valence-electron chi connectivity index (χ0n) is 17.0. The number of nitrogens with one attached hydrogen (secondary N) is 2. The molecular weight excluding hydrogens is 404 g/mol. The molecule has 158 valence electrons. The monoisotopic (exact) mass is 424 g/mol. The molecule has 3 N–H and O–H groups in total. The normalized spacial score (nSPS) is 10.3. The summed E-state index contributed by atoms with van der Waals surface area (Å²) in [5.41, 5.74) is 4.05. The molecule has 0 fully saturated rings. The predicted molar refractivity (Wildman–Crippen MR) is 122 cm³/mol. The van der Waals surface area contributed by atoms with Gasteiger partial charge >= 0.3 is 0 Å². The van der Waals surface area contributed by atoms with Crippen LogP contribution in [0.1, 0.15) is 20.7 Å². The van der Waals surface area contributed by atoms with Gasteiger partial charge in [0.2, 0.25) is 0 Å². The number of para-hydroxylation sites is 3. The van der Waals surface area contributed by atoms with Crippen molar-refractivity contribution in [2.24, 2.45) is 0 Å². The summed E-state index contributed by atoms with van der Waals surface area (Å²) in [5, 5.41) is 12.0. The fourth-order valence-corrected chi connectivity index (χ4v) is 3.27. The van der Waals surface area contributed by atoms with Gasteiger partial charge < -0.3 is 10.1 Å². The van der Waals surface area contributed by atoms with E-state index < -0.39 is 5.91 Å². The molecule has 4 rings (SSSR count). The van der Waals surface area contributed by atoms with Crippen LogP contribution in [0.3, 0.4) is 0 Å². The molecule has 0 aliphatic carbocycles. The fourth-order valence-electron chi connectivity index (χ4n) is 3.27. The van der Waals surface area contributed by atoms with Gasteiger partial charge in [0.15, 0.2) is 5.75 Å². The van der Waals surface area contributed by atoms with Gasteiger partial charge in [0, 0.05) is 11.1 Å². The van der Waals surface area contributed by atoms with Crippen LogP contribution in [0.5, 0.6) is 11.5 Å². The minimum absolute atomic E-state index is 0.253. The van der Waals surface area contributed by atoms with Gasteiger partial charge in [-0.05, 0) is 53.6 Å². The number of amides is 2. The van der Waals surface area contributed by atoms with Crippen LogP contribution < -0.4 is 15.5 Å². The molecule has 6 heteroatoms. The molecule has 0 aliphatic rings. The summed E-state index contributed by atoms with van der Waals surface area (Å²) < 4.78 is 5.91. The Balaban J connectivity index is 1.64. The molecule has 0 spiro atoms. The number of hydroxylamine groups is 1. The van der Waals surface area contributed by atoms with Crippen LogP contribution in [0.4, 0.5) is 5.69 Å². The third-order valence-corrected chi connectivity index (χ3v) is 4.82. The molecule has 4 aromatic rings. The van der Waals surface area contributed by atoms with E-state index in [9.17, 15) is 9.59 Å². The summed E-state index contributed by atoms with van der Waals surface area (Å²) in [6.07, 6.45) is 0. The highest BCUT2D eigenvalue weighted by atomic mass is 16.5. The summed E-state index contributed by atoms with van der Waals surface area (Å²) in [7, 11) is 0. The molecule has 0 unspecified atom stereocenters. The molecule has 6 nitrogen and oxygen atoms in total. The fraction of sp³-hybridized carbons (Fsp3) is 0. The van der Waals surface area contributed by atoms with E-state index in [1.54, 1.807) is 29.7 Å².